The molecule has 2 heterocycles. The lowest BCUT2D eigenvalue weighted by atomic mass is 10.3. The third-order valence-electron chi connectivity index (χ3n) is 2.73. The Morgan fingerprint density at radius 1 is 1.40 bits per heavy atom. The first-order valence-corrected chi connectivity index (χ1v) is 7.42. The van der Waals surface area contributed by atoms with Gasteiger partial charge in [-0.2, -0.15) is 4.98 Å². The number of thiophene rings is 1. The van der Waals surface area contributed by atoms with Crippen LogP contribution in [0.4, 0.5) is 11.8 Å². The number of rotatable bonds is 6. The van der Waals surface area contributed by atoms with Gasteiger partial charge in [-0.05, 0) is 19.4 Å². The quantitative estimate of drug-likeness (QED) is 0.759. The molecule has 20 heavy (non-hydrogen) atoms. The molecule has 0 saturated carbocycles. The molecular weight excluding hydrogens is 274 g/mol. The highest BCUT2D eigenvalue weighted by Gasteiger charge is 2.10. The summed E-state index contributed by atoms with van der Waals surface area (Å²) < 4.78 is 0. The van der Waals surface area contributed by atoms with E-state index in [0.29, 0.717) is 18.3 Å². The zero-order valence-electron chi connectivity index (χ0n) is 11.9. The van der Waals surface area contributed by atoms with Crippen molar-refractivity contribution in [2.75, 3.05) is 30.8 Å². The molecule has 0 fully saturated rings. The average molecular weight is 293 g/mol. The molecule has 2 aromatic rings. The minimum Gasteiger partial charge on any atom is -0.360 e. The van der Waals surface area contributed by atoms with E-state index in [-0.39, 0.29) is 12.5 Å². The molecule has 0 radical (unpaired) electrons. The van der Waals surface area contributed by atoms with E-state index >= 15 is 0 Å². The third-order valence-corrected chi connectivity index (χ3v) is 3.67. The second-order valence-corrected chi connectivity index (χ2v) is 5.66. The number of hydrogen-bond donors (Lipinski definition) is 3. The second kappa shape index (κ2) is 6.51. The van der Waals surface area contributed by atoms with Gasteiger partial charge in [-0.15, -0.1) is 11.3 Å². The van der Waals surface area contributed by atoms with Crippen molar-refractivity contribution in [3.05, 3.63) is 10.9 Å². The molecule has 3 N–H and O–H groups in total. The van der Waals surface area contributed by atoms with Crippen molar-refractivity contribution in [1.82, 2.24) is 15.3 Å². The van der Waals surface area contributed by atoms with Gasteiger partial charge in [-0.1, -0.05) is 6.92 Å². The highest BCUT2D eigenvalue weighted by molar-refractivity contribution is 7.18. The fraction of sp³-hybridized carbons (Fsp3) is 0.462. The fourth-order valence-corrected chi connectivity index (χ4v) is 2.66. The number of aryl methyl sites for hydroxylation is 1. The molecule has 0 aromatic carbocycles. The van der Waals surface area contributed by atoms with Crippen LogP contribution >= 0.6 is 11.3 Å². The van der Waals surface area contributed by atoms with Gasteiger partial charge < -0.3 is 16.0 Å². The lowest BCUT2D eigenvalue weighted by molar-refractivity contribution is -0.119. The molecule has 108 valence electrons. The van der Waals surface area contributed by atoms with Crippen molar-refractivity contribution in [3.8, 4) is 0 Å². The van der Waals surface area contributed by atoms with E-state index in [1.807, 2.05) is 19.9 Å². The highest BCUT2D eigenvalue weighted by Crippen LogP contribution is 2.29. The molecular formula is C13H19N5OS. The molecule has 0 unspecified atom stereocenters. The van der Waals surface area contributed by atoms with Gasteiger partial charge in [-0.25, -0.2) is 4.98 Å². The van der Waals surface area contributed by atoms with Gasteiger partial charge in [0.15, 0.2) is 0 Å². The van der Waals surface area contributed by atoms with Crippen LogP contribution in [0.1, 0.15) is 18.2 Å². The van der Waals surface area contributed by atoms with E-state index in [9.17, 15) is 4.79 Å². The normalized spacial score (nSPS) is 10.6. The molecule has 0 aliphatic heterocycles. The molecule has 2 rings (SSSR count). The standard InChI is InChI=1S/C13H19N5OS/c1-4-5-15-10(19)7-16-11-9-6-8(2)20-12(9)18-13(14-3)17-11/h6H,4-5,7H2,1-3H3,(H,15,19)(H2,14,16,17,18). The summed E-state index contributed by atoms with van der Waals surface area (Å²) in [5.41, 5.74) is 0. The Kier molecular flexibility index (Phi) is 4.73. The van der Waals surface area contributed by atoms with Crippen LogP contribution in [0, 0.1) is 6.92 Å². The number of fused-ring (bicyclic) bond motifs is 1. The number of amides is 1. The van der Waals surface area contributed by atoms with Gasteiger partial charge in [-0.3, -0.25) is 4.79 Å². The molecule has 0 atom stereocenters. The average Bonchev–Trinajstić information content (AvgIpc) is 2.82. The molecule has 1 amide bonds. The van der Waals surface area contributed by atoms with Crippen molar-refractivity contribution < 1.29 is 4.79 Å². The molecule has 0 aliphatic carbocycles. The number of nitrogens with one attached hydrogen (secondary N) is 3. The zero-order valence-corrected chi connectivity index (χ0v) is 12.7. The summed E-state index contributed by atoms with van der Waals surface area (Å²) in [6.07, 6.45) is 0.928. The summed E-state index contributed by atoms with van der Waals surface area (Å²) in [6, 6.07) is 2.03. The van der Waals surface area contributed by atoms with E-state index < -0.39 is 0 Å². The van der Waals surface area contributed by atoms with Gasteiger partial charge in [0.25, 0.3) is 0 Å². The lowest BCUT2D eigenvalue weighted by Crippen LogP contribution is -2.30. The van der Waals surface area contributed by atoms with E-state index in [0.717, 1.165) is 16.6 Å². The van der Waals surface area contributed by atoms with Crippen molar-refractivity contribution in [1.29, 1.82) is 0 Å². The van der Waals surface area contributed by atoms with Crippen molar-refractivity contribution in [3.63, 3.8) is 0 Å². The first kappa shape index (κ1) is 14.5. The SMILES string of the molecule is CCCNC(=O)CNc1nc(NC)nc2sc(C)cc12. The van der Waals surface area contributed by atoms with Crippen LogP contribution in [0.2, 0.25) is 0 Å². The number of carbonyl (C=O) groups excluding carboxylic acids is 1. The van der Waals surface area contributed by atoms with Gasteiger partial charge in [0.1, 0.15) is 10.6 Å². The first-order chi connectivity index (χ1) is 9.63. The Morgan fingerprint density at radius 3 is 2.90 bits per heavy atom. The number of nitrogens with zero attached hydrogens (tertiary/aromatic N) is 2. The van der Waals surface area contributed by atoms with Gasteiger partial charge in [0.2, 0.25) is 11.9 Å². The molecule has 0 bridgehead atoms. The first-order valence-electron chi connectivity index (χ1n) is 6.60. The second-order valence-electron chi connectivity index (χ2n) is 4.43. The topological polar surface area (TPSA) is 78.9 Å². The van der Waals surface area contributed by atoms with Crippen LogP contribution in [0.5, 0.6) is 0 Å². The summed E-state index contributed by atoms with van der Waals surface area (Å²) in [7, 11) is 1.78. The van der Waals surface area contributed by atoms with Crippen LogP contribution in [-0.2, 0) is 4.79 Å². The Hall–Kier alpha value is -1.89. The van der Waals surface area contributed by atoms with Crippen LogP contribution in [0.15, 0.2) is 6.07 Å². The summed E-state index contributed by atoms with van der Waals surface area (Å²) in [5.74, 6) is 1.21. The number of hydrogen-bond acceptors (Lipinski definition) is 6. The zero-order chi connectivity index (χ0) is 14.5. The predicted molar refractivity (Wildman–Crippen MR) is 83.5 cm³/mol. The summed E-state index contributed by atoms with van der Waals surface area (Å²) in [4.78, 5) is 22.5. The van der Waals surface area contributed by atoms with Crippen LogP contribution in [0.25, 0.3) is 10.2 Å². The number of aromatic nitrogens is 2. The third kappa shape index (κ3) is 3.36. The van der Waals surface area contributed by atoms with E-state index in [1.165, 1.54) is 4.88 Å². The molecule has 0 aliphatic rings. The molecule has 6 nitrogen and oxygen atoms in total. The van der Waals surface area contributed by atoms with Gasteiger partial charge >= 0.3 is 0 Å². The van der Waals surface area contributed by atoms with Gasteiger partial charge in [0, 0.05) is 18.5 Å². The smallest absolute Gasteiger partial charge is 0.239 e. The fourth-order valence-electron chi connectivity index (χ4n) is 1.78. The maximum atomic E-state index is 11.6. The largest absolute Gasteiger partial charge is 0.360 e. The van der Waals surface area contributed by atoms with Crippen LogP contribution < -0.4 is 16.0 Å². The Morgan fingerprint density at radius 2 is 2.20 bits per heavy atom. The number of anilines is 2. The maximum absolute atomic E-state index is 11.6. The molecule has 0 spiro atoms. The number of carbonyl (C=O) groups is 1. The summed E-state index contributed by atoms with van der Waals surface area (Å²) >= 11 is 1.61. The maximum Gasteiger partial charge on any atom is 0.239 e. The molecule has 7 heteroatoms. The summed E-state index contributed by atoms with van der Waals surface area (Å²) in [6.45, 7) is 4.96. The van der Waals surface area contributed by atoms with Crippen LogP contribution in [0.3, 0.4) is 0 Å². The lowest BCUT2D eigenvalue weighted by Gasteiger charge is -2.08. The molecule has 0 saturated heterocycles. The minimum absolute atomic E-state index is 0.0310. The van der Waals surface area contributed by atoms with Gasteiger partial charge in [0.05, 0.1) is 11.9 Å². The van der Waals surface area contributed by atoms with E-state index in [1.54, 1.807) is 18.4 Å². The van der Waals surface area contributed by atoms with Crippen LogP contribution in [-0.4, -0.2) is 36.0 Å². The Balaban J connectivity index is 2.17. The monoisotopic (exact) mass is 293 g/mol. The minimum atomic E-state index is -0.0310. The molecule has 2 aromatic heterocycles. The van der Waals surface area contributed by atoms with E-state index in [4.69, 9.17) is 0 Å². The van der Waals surface area contributed by atoms with Crippen molar-refractivity contribution in [2.45, 2.75) is 20.3 Å². The highest BCUT2D eigenvalue weighted by atomic mass is 32.1. The Bertz CT molecular complexity index is 610. The van der Waals surface area contributed by atoms with E-state index in [2.05, 4.69) is 25.9 Å². The van der Waals surface area contributed by atoms with Crippen molar-refractivity contribution >= 4 is 39.2 Å². The summed E-state index contributed by atoms with van der Waals surface area (Å²) in [5, 5.41) is 9.80. The van der Waals surface area contributed by atoms with Crippen molar-refractivity contribution in [2.24, 2.45) is 0 Å². The predicted octanol–water partition coefficient (Wildman–Crippen LogP) is 1.98. The Labute approximate surface area is 122 Å².